The average Bonchev–Trinajstić information content (AvgIpc) is 2.43. The number of rotatable bonds is 2. The molecule has 0 aromatic carbocycles. The molecular weight excluding hydrogens is 293 g/mol. The first-order valence-electron chi connectivity index (χ1n) is 6.68. The number of fused-ring (bicyclic) bond motifs is 1. The summed E-state index contributed by atoms with van der Waals surface area (Å²) in [6.07, 6.45) is 5.12. The number of pyridine rings is 2. The van der Waals surface area contributed by atoms with E-state index in [0.29, 0.717) is 10.3 Å². The molecule has 104 valence electrons. The van der Waals surface area contributed by atoms with Gasteiger partial charge in [0, 0.05) is 6.20 Å². The number of halogens is 2. The Kier molecular flexibility index (Phi) is 3.81. The molecular formula is C15H15Cl2N3. The van der Waals surface area contributed by atoms with Crippen LogP contribution in [0.1, 0.15) is 35.7 Å². The molecule has 1 atom stereocenters. The van der Waals surface area contributed by atoms with Gasteiger partial charge in [-0.1, -0.05) is 29.3 Å². The van der Waals surface area contributed by atoms with Crippen LogP contribution in [0.2, 0.25) is 10.3 Å². The summed E-state index contributed by atoms with van der Waals surface area (Å²) < 4.78 is 0. The molecule has 0 fully saturated rings. The van der Waals surface area contributed by atoms with Gasteiger partial charge in [0.1, 0.15) is 5.15 Å². The summed E-state index contributed by atoms with van der Waals surface area (Å²) in [4.78, 5) is 8.63. The molecule has 2 aromatic rings. The lowest BCUT2D eigenvalue weighted by atomic mass is 9.91. The number of nitrogens with zero attached hydrogens (tertiary/aromatic N) is 2. The second-order valence-electron chi connectivity index (χ2n) is 5.06. The van der Waals surface area contributed by atoms with Crippen LogP contribution in [0.15, 0.2) is 24.4 Å². The van der Waals surface area contributed by atoms with Crippen molar-refractivity contribution in [3.05, 3.63) is 51.5 Å². The SMILES string of the molecule is Cc1cc(Cl)nc(Cl)c1NC1CCCc2cccnc21. The molecule has 3 rings (SSSR count). The van der Waals surface area contributed by atoms with E-state index in [1.54, 1.807) is 0 Å². The monoisotopic (exact) mass is 307 g/mol. The smallest absolute Gasteiger partial charge is 0.154 e. The van der Waals surface area contributed by atoms with Crippen LogP contribution in [0.5, 0.6) is 0 Å². The van der Waals surface area contributed by atoms with Gasteiger partial charge >= 0.3 is 0 Å². The van der Waals surface area contributed by atoms with Crippen molar-refractivity contribution >= 4 is 28.9 Å². The van der Waals surface area contributed by atoms with Crippen molar-refractivity contribution in [2.45, 2.75) is 32.2 Å². The standard InChI is InChI=1S/C15H15Cl2N3/c1-9-8-12(16)20-15(17)13(9)19-11-6-2-4-10-5-3-7-18-14(10)11/h3,5,7-8,11,19H,2,4,6H2,1H3. The van der Waals surface area contributed by atoms with Crippen LogP contribution in [-0.2, 0) is 6.42 Å². The molecule has 0 bridgehead atoms. The molecule has 0 saturated heterocycles. The third-order valence-electron chi connectivity index (χ3n) is 3.65. The van der Waals surface area contributed by atoms with E-state index in [0.717, 1.165) is 36.2 Å². The van der Waals surface area contributed by atoms with Gasteiger partial charge in [0.05, 0.1) is 17.4 Å². The zero-order valence-electron chi connectivity index (χ0n) is 11.2. The Morgan fingerprint density at radius 2 is 2.20 bits per heavy atom. The normalized spacial score (nSPS) is 17.6. The number of aryl methyl sites for hydroxylation is 2. The van der Waals surface area contributed by atoms with Crippen molar-refractivity contribution in [2.75, 3.05) is 5.32 Å². The van der Waals surface area contributed by atoms with E-state index in [1.807, 2.05) is 25.3 Å². The summed E-state index contributed by atoms with van der Waals surface area (Å²) in [5.74, 6) is 0. The Morgan fingerprint density at radius 3 is 3.00 bits per heavy atom. The zero-order valence-corrected chi connectivity index (χ0v) is 12.7. The molecule has 0 radical (unpaired) electrons. The van der Waals surface area contributed by atoms with E-state index in [-0.39, 0.29) is 6.04 Å². The number of nitrogens with one attached hydrogen (secondary N) is 1. The summed E-state index contributed by atoms with van der Waals surface area (Å²) >= 11 is 12.1. The molecule has 0 aliphatic heterocycles. The molecule has 5 heteroatoms. The predicted octanol–water partition coefficient (Wildman–Crippen LogP) is 4.58. The minimum atomic E-state index is 0.180. The Hall–Kier alpha value is -1.32. The molecule has 0 spiro atoms. The first kappa shape index (κ1) is 13.7. The van der Waals surface area contributed by atoms with Gasteiger partial charge in [0.15, 0.2) is 5.15 Å². The van der Waals surface area contributed by atoms with Crippen molar-refractivity contribution < 1.29 is 0 Å². The largest absolute Gasteiger partial charge is 0.374 e. The third kappa shape index (κ3) is 2.60. The van der Waals surface area contributed by atoms with Gasteiger partial charge in [-0.25, -0.2) is 4.98 Å². The maximum absolute atomic E-state index is 6.20. The van der Waals surface area contributed by atoms with E-state index in [4.69, 9.17) is 23.2 Å². The molecule has 0 amide bonds. The predicted molar refractivity (Wildman–Crippen MR) is 82.5 cm³/mol. The topological polar surface area (TPSA) is 37.8 Å². The maximum Gasteiger partial charge on any atom is 0.154 e. The van der Waals surface area contributed by atoms with Gasteiger partial charge in [-0.3, -0.25) is 4.98 Å². The van der Waals surface area contributed by atoms with E-state index >= 15 is 0 Å². The van der Waals surface area contributed by atoms with Crippen molar-refractivity contribution in [1.82, 2.24) is 9.97 Å². The van der Waals surface area contributed by atoms with Crippen molar-refractivity contribution in [2.24, 2.45) is 0 Å². The molecule has 20 heavy (non-hydrogen) atoms. The van der Waals surface area contributed by atoms with E-state index in [9.17, 15) is 0 Å². The lowest BCUT2D eigenvalue weighted by Crippen LogP contribution is -2.19. The van der Waals surface area contributed by atoms with Gasteiger partial charge in [-0.15, -0.1) is 0 Å². The fraction of sp³-hybridized carbons (Fsp3) is 0.333. The van der Waals surface area contributed by atoms with Gasteiger partial charge in [-0.05, 0) is 49.4 Å². The average molecular weight is 308 g/mol. The van der Waals surface area contributed by atoms with Crippen LogP contribution >= 0.6 is 23.2 Å². The summed E-state index contributed by atoms with van der Waals surface area (Å²) in [7, 11) is 0. The van der Waals surface area contributed by atoms with Crippen molar-refractivity contribution in [1.29, 1.82) is 0 Å². The highest BCUT2D eigenvalue weighted by Crippen LogP contribution is 2.34. The number of anilines is 1. The Labute approximate surface area is 128 Å². The number of hydrogen-bond acceptors (Lipinski definition) is 3. The highest BCUT2D eigenvalue weighted by molar-refractivity contribution is 6.34. The minimum absolute atomic E-state index is 0.180. The van der Waals surface area contributed by atoms with Crippen molar-refractivity contribution in [3.63, 3.8) is 0 Å². The van der Waals surface area contributed by atoms with E-state index in [1.165, 1.54) is 5.56 Å². The minimum Gasteiger partial charge on any atom is -0.374 e. The first-order chi connectivity index (χ1) is 9.65. The lowest BCUT2D eigenvalue weighted by Gasteiger charge is -2.27. The highest BCUT2D eigenvalue weighted by Gasteiger charge is 2.22. The summed E-state index contributed by atoms with van der Waals surface area (Å²) in [5, 5.41) is 4.32. The summed E-state index contributed by atoms with van der Waals surface area (Å²) in [5.41, 5.74) is 4.27. The van der Waals surface area contributed by atoms with Crippen LogP contribution in [0, 0.1) is 6.92 Å². The maximum atomic E-state index is 6.20. The fourth-order valence-electron chi connectivity index (χ4n) is 2.69. The molecule has 1 N–H and O–H groups in total. The molecule has 3 nitrogen and oxygen atoms in total. The van der Waals surface area contributed by atoms with Crippen LogP contribution in [-0.4, -0.2) is 9.97 Å². The second kappa shape index (κ2) is 5.58. The van der Waals surface area contributed by atoms with Gasteiger partial charge in [-0.2, -0.15) is 0 Å². The molecule has 1 aliphatic carbocycles. The fourth-order valence-corrected chi connectivity index (χ4v) is 3.28. The third-order valence-corrected chi connectivity index (χ3v) is 4.12. The van der Waals surface area contributed by atoms with Crippen molar-refractivity contribution in [3.8, 4) is 0 Å². The Balaban J connectivity index is 1.94. The highest BCUT2D eigenvalue weighted by atomic mass is 35.5. The zero-order chi connectivity index (χ0) is 14.1. The second-order valence-corrected chi connectivity index (χ2v) is 5.81. The van der Waals surface area contributed by atoms with Crippen LogP contribution in [0.3, 0.4) is 0 Å². The molecule has 0 saturated carbocycles. The molecule has 1 aliphatic rings. The lowest BCUT2D eigenvalue weighted by molar-refractivity contribution is 0.583. The quantitative estimate of drug-likeness (QED) is 0.825. The Morgan fingerprint density at radius 1 is 1.35 bits per heavy atom. The summed E-state index contributed by atoms with van der Waals surface area (Å²) in [6.45, 7) is 1.98. The van der Waals surface area contributed by atoms with Gasteiger partial charge in [0.25, 0.3) is 0 Å². The number of hydrogen-bond donors (Lipinski definition) is 1. The first-order valence-corrected chi connectivity index (χ1v) is 7.43. The summed E-state index contributed by atoms with van der Waals surface area (Å²) in [6, 6.07) is 6.13. The Bertz CT molecular complexity index is 620. The van der Waals surface area contributed by atoms with E-state index in [2.05, 4.69) is 21.4 Å². The van der Waals surface area contributed by atoms with E-state index < -0.39 is 0 Å². The molecule has 2 aromatic heterocycles. The number of aromatic nitrogens is 2. The molecule has 2 heterocycles. The van der Waals surface area contributed by atoms with Gasteiger partial charge < -0.3 is 5.32 Å². The van der Waals surface area contributed by atoms with Crippen LogP contribution in [0.4, 0.5) is 5.69 Å². The van der Waals surface area contributed by atoms with Gasteiger partial charge in [0.2, 0.25) is 0 Å². The molecule has 1 unspecified atom stereocenters. The van der Waals surface area contributed by atoms with Crippen LogP contribution < -0.4 is 5.32 Å². The van der Waals surface area contributed by atoms with Crippen LogP contribution in [0.25, 0.3) is 0 Å².